The molecule has 2 aliphatic rings. The standard InChI is InChI=1S/C21H26O9/c1-8-4-9-6-10-11(23)2-3-13(16(10)18(26)15(9)12(24)5-8)29-21-20(28)19(27)17(25)14(7-22)30-21/h4-6,11,13-14,17,19-28H,2-3,7H2,1H3/t11-,13+,14+,17+,19+,20+,21+/m0/s1. The molecule has 7 atom stereocenters. The molecule has 0 aromatic heterocycles. The molecule has 0 radical (unpaired) electrons. The van der Waals surface area contributed by atoms with E-state index >= 15 is 0 Å². The lowest BCUT2D eigenvalue weighted by Crippen LogP contribution is -2.59. The average Bonchev–Trinajstić information content (AvgIpc) is 2.69. The van der Waals surface area contributed by atoms with Crippen molar-refractivity contribution in [1.82, 2.24) is 0 Å². The van der Waals surface area contributed by atoms with Crippen LogP contribution in [0.2, 0.25) is 0 Å². The number of ether oxygens (including phenoxy) is 2. The molecule has 1 heterocycles. The van der Waals surface area contributed by atoms with Crippen molar-refractivity contribution in [2.24, 2.45) is 0 Å². The molecule has 164 valence electrons. The van der Waals surface area contributed by atoms with E-state index in [-0.39, 0.29) is 28.9 Å². The van der Waals surface area contributed by atoms with Crippen molar-refractivity contribution in [3.63, 3.8) is 0 Å². The molecule has 0 spiro atoms. The Morgan fingerprint density at radius 1 is 1.00 bits per heavy atom. The number of phenols is 2. The van der Waals surface area contributed by atoms with Crippen LogP contribution in [0, 0.1) is 6.92 Å². The van der Waals surface area contributed by atoms with E-state index in [1.165, 1.54) is 6.07 Å². The summed E-state index contributed by atoms with van der Waals surface area (Å²) in [5.74, 6) is -0.356. The SMILES string of the molecule is Cc1cc(O)c2c(O)c3c(cc2c1)[C@@H](O)CC[C@H]3O[C@@H]1O[C@H](CO)[C@@H](O)[C@@H](O)[C@H]1O. The number of aliphatic hydroxyl groups excluding tert-OH is 5. The van der Waals surface area contributed by atoms with Crippen molar-refractivity contribution >= 4 is 10.8 Å². The average molecular weight is 422 g/mol. The molecular weight excluding hydrogens is 396 g/mol. The van der Waals surface area contributed by atoms with E-state index in [9.17, 15) is 35.7 Å². The van der Waals surface area contributed by atoms with Crippen LogP contribution in [-0.2, 0) is 9.47 Å². The summed E-state index contributed by atoms with van der Waals surface area (Å²) in [4.78, 5) is 0. The Morgan fingerprint density at radius 2 is 1.73 bits per heavy atom. The molecule has 9 nitrogen and oxygen atoms in total. The zero-order valence-corrected chi connectivity index (χ0v) is 16.3. The molecule has 9 heteroatoms. The molecule has 30 heavy (non-hydrogen) atoms. The molecule has 1 saturated heterocycles. The first kappa shape index (κ1) is 21.3. The van der Waals surface area contributed by atoms with E-state index in [0.29, 0.717) is 17.4 Å². The number of benzene rings is 2. The molecule has 4 rings (SSSR count). The first-order chi connectivity index (χ1) is 14.2. The van der Waals surface area contributed by atoms with Crippen LogP contribution in [0.25, 0.3) is 10.8 Å². The molecule has 2 aromatic rings. The smallest absolute Gasteiger partial charge is 0.187 e. The van der Waals surface area contributed by atoms with E-state index in [2.05, 4.69) is 0 Å². The van der Waals surface area contributed by atoms with E-state index in [1.54, 1.807) is 19.1 Å². The molecule has 0 bridgehead atoms. The van der Waals surface area contributed by atoms with Crippen LogP contribution in [0.1, 0.15) is 41.7 Å². The summed E-state index contributed by atoms with van der Waals surface area (Å²) in [5.41, 5.74) is 1.49. The first-order valence-electron chi connectivity index (χ1n) is 9.86. The molecule has 0 amide bonds. The Hall–Kier alpha value is -1.98. The summed E-state index contributed by atoms with van der Waals surface area (Å²) in [7, 11) is 0. The number of aliphatic hydroxyl groups is 5. The minimum Gasteiger partial charge on any atom is -0.507 e. The lowest BCUT2D eigenvalue weighted by molar-refractivity contribution is -0.313. The summed E-state index contributed by atoms with van der Waals surface area (Å²) in [6, 6.07) is 4.98. The zero-order valence-electron chi connectivity index (χ0n) is 16.3. The maximum Gasteiger partial charge on any atom is 0.187 e. The Bertz CT molecular complexity index is 944. The summed E-state index contributed by atoms with van der Waals surface area (Å²) >= 11 is 0. The lowest BCUT2D eigenvalue weighted by atomic mass is 9.84. The van der Waals surface area contributed by atoms with Crippen molar-refractivity contribution in [2.45, 2.75) is 62.7 Å². The number of hydrogen-bond acceptors (Lipinski definition) is 9. The third-order valence-electron chi connectivity index (χ3n) is 5.94. The van der Waals surface area contributed by atoms with Gasteiger partial charge in [0.25, 0.3) is 0 Å². The highest BCUT2D eigenvalue weighted by molar-refractivity contribution is 5.96. The van der Waals surface area contributed by atoms with Gasteiger partial charge in [-0.3, -0.25) is 0 Å². The van der Waals surface area contributed by atoms with Crippen LogP contribution >= 0.6 is 0 Å². The number of hydrogen-bond donors (Lipinski definition) is 7. The quantitative estimate of drug-likeness (QED) is 0.368. The molecule has 2 aromatic carbocycles. The Balaban J connectivity index is 1.74. The van der Waals surface area contributed by atoms with Crippen molar-refractivity contribution in [3.05, 3.63) is 34.9 Å². The normalized spacial score (nSPS) is 34.1. The number of fused-ring (bicyclic) bond motifs is 2. The second-order valence-corrected chi connectivity index (χ2v) is 8.03. The van der Waals surface area contributed by atoms with Crippen LogP contribution in [0.5, 0.6) is 11.5 Å². The highest BCUT2D eigenvalue weighted by atomic mass is 16.7. The summed E-state index contributed by atoms with van der Waals surface area (Å²) in [5, 5.41) is 72.2. The second-order valence-electron chi connectivity index (χ2n) is 8.03. The minimum absolute atomic E-state index is 0.114. The highest BCUT2D eigenvalue weighted by Crippen LogP contribution is 2.49. The summed E-state index contributed by atoms with van der Waals surface area (Å²) in [6.07, 6.45) is -8.28. The maximum atomic E-state index is 11.0. The van der Waals surface area contributed by atoms with Crippen LogP contribution in [0.4, 0.5) is 0 Å². The fourth-order valence-corrected chi connectivity index (χ4v) is 4.38. The number of rotatable bonds is 3. The summed E-state index contributed by atoms with van der Waals surface area (Å²) < 4.78 is 11.3. The molecule has 1 aliphatic heterocycles. The van der Waals surface area contributed by atoms with Gasteiger partial charge in [0.1, 0.15) is 35.9 Å². The predicted molar refractivity (Wildman–Crippen MR) is 104 cm³/mol. The second kappa shape index (κ2) is 7.93. The van der Waals surface area contributed by atoms with Crippen LogP contribution in [0.15, 0.2) is 18.2 Å². The van der Waals surface area contributed by atoms with Gasteiger partial charge in [-0.15, -0.1) is 0 Å². The Morgan fingerprint density at radius 3 is 2.43 bits per heavy atom. The van der Waals surface area contributed by atoms with Gasteiger partial charge in [-0.1, -0.05) is 6.07 Å². The highest BCUT2D eigenvalue weighted by Gasteiger charge is 2.45. The number of phenolic OH excluding ortho intramolecular Hbond substituents is 2. The molecule has 7 N–H and O–H groups in total. The van der Waals surface area contributed by atoms with Gasteiger partial charge in [0.2, 0.25) is 0 Å². The van der Waals surface area contributed by atoms with Crippen molar-refractivity contribution in [3.8, 4) is 11.5 Å². The lowest BCUT2D eigenvalue weighted by Gasteiger charge is -2.42. The largest absolute Gasteiger partial charge is 0.507 e. The number of aryl methyl sites for hydroxylation is 1. The van der Waals surface area contributed by atoms with Crippen LogP contribution in [0.3, 0.4) is 0 Å². The van der Waals surface area contributed by atoms with Gasteiger partial charge < -0.3 is 45.2 Å². The molecule has 0 saturated carbocycles. The third kappa shape index (κ3) is 3.42. The van der Waals surface area contributed by atoms with Gasteiger partial charge in [-0.25, -0.2) is 0 Å². The van der Waals surface area contributed by atoms with Crippen LogP contribution < -0.4 is 0 Å². The van der Waals surface area contributed by atoms with E-state index < -0.39 is 49.5 Å². The van der Waals surface area contributed by atoms with E-state index in [0.717, 1.165) is 5.56 Å². The van der Waals surface area contributed by atoms with E-state index in [1.807, 2.05) is 0 Å². The van der Waals surface area contributed by atoms with Gasteiger partial charge >= 0.3 is 0 Å². The van der Waals surface area contributed by atoms with Gasteiger partial charge in [0.05, 0.1) is 24.2 Å². The fourth-order valence-electron chi connectivity index (χ4n) is 4.38. The summed E-state index contributed by atoms with van der Waals surface area (Å²) in [6.45, 7) is 1.21. The fraction of sp³-hybridized carbons (Fsp3) is 0.524. The molecule has 0 unspecified atom stereocenters. The minimum atomic E-state index is -1.59. The first-order valence-corrected chi connectivity index (χ1v) is 9.86. The number of aromatic hydroxyl groups is 2. The molecule has 1 aliphatic carbocycles. The van der Waals surface area contributed by atoms with Crippen molar-refractivity contribution < 1.29 is 45.2 Å². The van der Waals surface area contributed by atoms with Gasteiger partial charge in [-0.05, 0) is 48.4 Å². The van der Waals surface area contributed by atoms with Crippen LogP contribution in [-0.4, -0.2) is 73.1 Å². The zero-order chi connectivity index (χ0) is 21.7. The van der Waals surface area contributed by atoms with Crippen molar-refractivity contribution in [2.75, 3.05) is 6.61 Å². The maximum absolute atomic E-state index is 11.0. The topological polar surface area (TPSA) is 160 Å². The third-order valence-corrected chi connectivity index (χ3v) is 5.94. The van der Waals surface area contributed by atoms with E-state index in [4.69, 9.17) is 9.47 Å². The van der Waals surface area contributed by atoms with Gasteiger partial charge in [0, 0.05) is 5.56 Å². The van der Waals surface area contributed by atoms with Crippen molar-refractivity contribution in [1.29, 1.82) is 0 Å². The Labute approximate surface area is 172 Å². The monoisotopic (exact) mass is 422 g/mol. The van der Waals surface area contributed by atoms with Gasteiger partial charge in [0.15, 0.2) is 6.29 Å². The predicted octanol–water partition coefficient (Wildman–Crippen LogP) is 0.244. The van der Waals surface area contributed by atoms with Gasteiger partial charge in [-0.2, -0.15) is 0 Å². The Kier molecular flexibility index (Phi) is 5.62. The molecule has 1 fully saturated rings. The molecular formula is C21H26O9.